The number of hydrogen-bond acceptors (Lipinski definition) is 1. The quantitative estimate of drug-likeness (QED) is 0.211. The Hall–Kier alpha value is -1.03. The third kappa shape index (κ3) is 25.9. The van der Waals surface area contributed by atoms with Gasteiger partial charge in [0, 0.05) is 38.4 Å². The fraction of sp³-hybridized carbons (Fsp3) is 0.444. The number of halogens is 12. The van der Waals surface area contributed by atoms with E-state index in [0.29, 0.717) is 0 Å². The number of aromatic nitrogens is 2. The van der Waals surface area contributed by atoms with Crippen molar-refractivity contribution in [3.05, 3.63) is 47.8 Å². The van der Waals surface area contributed by atoms with Crippen LogP contribution >= 0.6 is 15.6 Å². The van der Waals surface area contributed by atoms with Crippen molar-refractivity contribution in [1.29, 1.82) is 0 Å². The van der Waals surface area contributed by atoms with Gasteiger partial charge in [0.15, 0.2) is 6.20 Å². The molecule has 2 rings (SSSR count). The third-order valence-corrected chi connectivity index (χ3v) is 3.57. The van der Waals surface area contributed by atoms with Crippen LogP contribution in [0.2, 0.25) is 0 Å². The van der Waals surface area contributed by atoms with Crippen LogP contribution in [0.25, 0.3) is 11.4 Å². The number of nitrogens with one attached hydrogen (secondary N) is 1. The molecular formula is C18H25F12IrN2P2-. The summed E-state index contributed by atoms with van der Waals surface area (Å²) < 4.78 is 118. The van der Waals surface area contributed by atoms with Crippen LogP contribution in [-0.4, -0.2) is 4.98 Å². The van der Waals surface area contributed by atoms with E-state index >= 15 is 0 Å². The van der Waals surface area contributed by atoms with Crippen LogP contribution < -0.4 is 4.98 Å². The summed E-state index contributed by atoms with van der Waals surface area (Å²) in [5.41, 5.74) is 4.98. The molecule has 2 aromatic rings. The zero-order valence-electron chi connectivity index (χ0n) is 19.2. The number of H-pyrrole nitrogens is 1. The van der Waals surface area contributed by atoms with Crippen LogP contribution in [0, 0.1) is 0 Å². The molecule has 1 N–H and O–H groups in total. The van der Waals surface area contributed by atoms with Gasteiger partial charge >= 0.3 is 66.0 Å². The van der Waals surface area contributed by atoms with Crippen molar-refractivity contribution in [3.8, 4) is 11.4 Å². The van der Waals surface area contributed by atoms with Gasteiger partial charge in [0.1, 0.15) is 5.69 Å². The van der Waals surface area contributed by atoms with Gasteiger partial charge in [-0.05, 0) is 34.1 Å². The topological polar surface area (TPSA) is 27.0 Å². The Kier molecular flexibility index (Phi) is 9.36. The molecule has 0 atom stereocenters. The van der Waals surface area contributed by atoms with Crippen molar-refractivity contribution < 1.29 is 75.5 Å². The van der Waals surface area contributed by atoms with Crippen LogP contribution in [0.4, 0.5) is 50.4 Å². The van der Waals surface area contributed by atoms with E-state index in [9.17, 15) is 50.4 Å². The summed E-state index contributed by atoms with van der Waals surface area (Å²) in [5, 5.41) is 0. The molecule has 0 unspecified atom stereocenters. The molecule has 2 nitrogen and oxygen atoms in total. The maximum Gasteiger partial charge on any atom is 0 e. The molecule has 2 aromatic heterocycles. The van der Waals surface area contributed by atoms with E-state index in [1.165, 1.54) is 11.1 Å². The molecule has 0 aliphatic rings. The Bertz CT molecular complexity index is 901. The van der Waals surface area contributed by atoms with E-state index in [4.69, 9.17) is 0 Å². The molecule has 0 amide bonds. The molecule has 0 spiro atoms. The van der Waals surface area contributed by atoms with E-state index < -0.39 is 15.6 Å². The normalized spacial score (nSPS) is 16.4. The minimum atomic E-state index is -10.7. The Balaban J connectivity index is 0. The van der Waals surface area contributed by atoms with Gasteiger partial charge in [-0.1, -0.05) is 41.5 Å². The van der Waals surface area contributed by atoms with Gasteiger partial charge < -0.3 is 0 Å². The Labute approximate surface area is 207 Å². The van der Waals surface area contributed by atoms with Crippen LogP contribution in [0.1, 0.15) is 52.7 Å². The van der Waals surface area contributed by atoms with Crippen molar-refractivity contribution in [3.63, 3.8) is 0 Å². The van der Waals surface area contributed by atoms with Crippen LogP contribution in [0.5, 0.6) is 0 Å². The summed E-state index contributed by atoms with van der Waals surface area (Å²) in [4.78, 5) is 7.83. The molecule has 2 heterocycles. The molecule has 0 saturated carbocycles. The standard InChI is InChI=1S/C18H24N2.2F6P.Ir/c1-17(2,3)13-7-9-19-15(11-13)16-12-14(8-10-20-16)18(4,5)6;2*1-7(2,3,4,5)6;/h7-12H,1-6H3;;;/q;2*-1;/p+1. The first-order chi connectivity index (χ1) is 14.1. The fourth-order valence-corrected chi connectivity index (χ4v) is 2.13. The van der Waals surface area contributed by atoms with Crippen molar-refractivity contribution in [1.82, 2.24) is 4.98 Å². The minimum absolute atomic E-state index is 0. The second-order valence-electron chi connectivity index (χ2n) is 9.34. The van der Waals surface area contributed by atoms with Crippen LogP contribution in [0.15, 0.2) is 36.7 Å². The summed E-state index contributed by atoms with van der Waals surface area (Å²) in [6, 6.07) is 8.61. The summed E-state index contributed by atoms with van der Waals surface area (Å²) in [7, 11) is -21.3. The maximum atomic E-state index is 9.87. The van der Waals surface area contributed by atoms with Crippen molar-refractivity contribution >= 4 is 15.6 Å². The van der Waals surface area contributed by atoms with Gasteiger partial charge in [0.05, 0.1) is 0 Å². The molecule has 0 bridgehead atoms. The number of pyridine rings is 2. The Morgan fingerprint density at radius 1 is 0.629 bits per heavy atom. The average molecular weight is 752 g/mol. The second-order valence-corrected chi connectivity index (χ2v) is 13.2. The van der Waals surface area contributed by atoms with E-state index in [-0.39, 0.29) is 30.9 Å². The summed E-state index contributed by atoms with van der Waals surface area (Å²) >= 11 is 0. The average Bonchev–Trinajstić information content (AvgIpc) is 2.47. The predicted molar refractivity (Wildman–Crippen MR) is 111 cm³/mol. The zero-order chi connectivity index (χ0) is 27.8. The first-order valence-corrected chi connectivity index (χ1v) is 13.3. The monoisotopic (exact) mass is 752 g/mol. The first kappa shape index (κ1) is 36.1. The van der Waals surface area contributed by atoms with Gasteiger partial charge in [0.2, 0.25) is 5.69 Å². The number of rotatable bonds is 1. The van der Waals surface area contributed by atoms with E-state index in [0.717, 1.165) is 11.4 Å². The molecule has 1 radical (unpaired) electrons. The van der Waals surface area contributed by atoms with Crippen molar-refractivity contribution in [2.24, 2.45) is 0 Å². The van der Waals surface area contributed by atoms with Crippen molar-refractivity contribution in [2.75, 3.05) is 0 Å². The maximum absolute atomic E-state index is 10.7. The summed E-state index contributed by atoms with van der Waals surface area (Å²) in [6.45, 7) is 13.4. The Morgan fingerprint density at radius 2 is 0.971 bits per heavy atom. The van der Waals surface area contributed by atoms with Gasteiger partial charge in [-0.2, -0.15) is 0 Å². The van der Waals surface area contributed by atoms with Crippen LogP contribution in [-0.2, 0) is 30.9 Å². The van der Waals surface area contributed by atoms with E-state index in [1.807, 2.05) is 12.4 Å². The third-order valence-electron chi connectivity index (χ3n) is 3.57. The molecule has 0 fully saturated rings. The van der Waals surface area contributed by atoms with Gasteiger partial charge in [-0.3, -0.25) is 0 Å². The smallest absolute Gasteiger partial charge is 0 e. The molecule has 0 aliphatic carbocycles. The van der Waals surface area contributed by atoms with E-state index in [2.05, 4.69) is 75.8 Å². The molecule has 0 aliphatic heterocycles. The largest absolute Gasteiger partial charge is 0 e. The van der Waals surface area contributed by atoms with Gasteiger partial charge in [-0.25, -0.2) is 9.97 Å². The number of nitrogens with zero attached hydrogens (tertiary/aromatic N) is 1. The SMILES string of the molecule is CC(C)(C)c1ccnc(-c2cc(C(C)(C)C)cc[nH+]2)c1.F[P-](F)(F)(F)(F)F.F[P-](F)(F)(F)(F)F.[Ir]. The molecular weight excluding hydrogens is 726 g/mol. The van der Waals surface area contributed by atoms with E-state index in [1.54, 1.807) is 0 Å². The molecule has 35 heavy (non-hydrogen) atoms. The molecule has 0 aromatic carbocycles. The molecule has 17 heteroatoms. The second kappa shape index (κ2) is 9.06. The predicted octanol–water partition coefficient (Wildman–Crippen LogP) is 10.9. The van der Waals surface area contributed by atoms with Crippen molar-refractivity contribution in [2.45, 2.75) is 52.4 Å². The number of aromatic amines is 1. The van der Waals surface area contributed by atoms with Crippen LogP contribution in [0.3, 0.4) is 0 Å². The minimum Gasteiger partial charge on any atom is 0 e. The first-order valence-electron chi connectivity index (χ1n) is 9.20. The van der Waals surface area contributed by atoms with Gasteiger partial charge in [0.25, 0.3) is 0 Å². The fourth-order valence-electron chi connectivity index (χ4n) is 2.13. The zero-order valence-corrected chi connectivity index (χ0v) is 23.4. The number of hydrogen-bond donors (Lipinski definition) is 0. The summed E-state index contributed by atoms with van der Waals surface area (Å²) in [5.74, 6) is 0. The summed E-state index contributed by atoms with van der Waals surface area (Å²) in [6.07, 6.45) is 3.90. The Morgan fingerprint density at radius 3 is 1.31 bits per heavy atom. The molecule has 211 valence electrons. The van der Waals surface area contributed by atoms with Gasteiger partial charge in [-0.15, -0.1) is 0 Å². The molecule has 0 saturated heterocycles.